The van der Waals surface area contributed by atoms with Crippen LogP contribution in [0.3, 0.4) is 0 Å². The molecule has 3 atom stereocenters. The molecule has 1 saturated heterocycles. The highest BCUT2D eigenvalue weighted by atomic mass is 16.5. The number of anilines is 1. The van der Waals surface area contributed by atoms with Gasteiger partial charge >= 0.3 is 0 Å². The first-order chi connectivity index (χ1) is 9.68. The van der Waals surface area contributed by atoms with Crippen molar-refractivity contribution >= 4 is 16.6 Å². The third-order valence-electron chi connectivity index (χ3n) is 5.12. The molecule has 0 spiro atoms. The van der Waals surface area contributed by atoms with Crippen LogP contribution in [-0.2, 0) is 4.74 Å². The van der Waals surface area contributed by atoms with E-state index in [1.54, 1.807) is 0 Å². The Hall–Kier alpha value is -1.55. The summed E-state index contributed by atoms with van der Waals surface area (Å²) in [7, 11) is 0. The van der Waals surface area contributed by atoms with Crippen molar-refractivity contribution in [3.05, 3.63) is 24.4 Å². The number of rotatable bonds is 2. The van der Waals surface area contributed by atoms with E-state index in [1.165, 1.54) is 12.8 Å². The monoisotopic (exact) mass is 271 g/mol. The molecule has 1 aliphatic heterocycles. The highest BCUT2D eigenvalue weighted by Gasteiger charge is 2.57. The number of benzene rings is 1. The number of nitrogens with one attached hydrogen (secondary N) is 2. The topological polar surface area (TPSA) is 49.9 Å². The van der Waals surface area contributed by atoms with Gasteiger partial charge in [-0.1, -0.05) is 26.0 Å². The maximum absolute atomic E-state index is 5.97. The van der Waals surface area contributed by atoms with E-state index in [9.17, 15) is 0 Å². The predicted molar refractivity (Wildman–Crippen MR) is 79.7 cm³/mol. The highest BCUT2D eigenvalue weighted by Crippen LogP contribution is 2.52. The molecule has 0 bridgehead atoms. The summed E-state index contributed by atoms with van der Waals surface area (Å²) in [5, 5.41) is 12.1. The second kappa shape index (κ2) is 4.22. The molecule has 2 aliphatic rings. The van der Waals surface area contributed by atoms with Gasteiger partial charge in [-0.3, -0.25) is 5.10 Å². The summed E-state index contributed by atoms with van der Waals surface area (Å²) >= 11 is 0. The van der Waals surface area contributed by atoms with Crippen LogP contribution in [0.1, 0.15) is 26.7 Å². The third-order valence-corrected chi connectivity index (χ3v) is 5.12. The average Bonchev–Trinajstić information content (AvgIpc) is 2.94. The first kappa shape index (κ1) is 12.2. The Balaban J connectivity index is 1.64. The van der Waals surface area contributed by atoms with Crippen LogP contribution in [0.5, 0.6) is 0 Å². The Bertz CT molecular complexity index is 633. The molecule has 1 aromatic heterocycles. The van der Waals surface area contributed by atoms with Gasteiger partial charge in [-0.25, -0.2) is 0 Å². The zero-order chi connectivity index (χ0) is 13.7. The average molecular weight is 271 g/mol. The lowest BCUT2D eigenvalue weighted by atomic mass is 9.55. The Labute approximate surface area is 118 Å². The van der Waals surface area contributed by atoms with E-state index < -0.39 is 0 Å². The minimum atomic E-state index is 0.188. The standard InChI is InChI=1S/C16H21N3O/c1-16(2)14(11-6-4-8-20-15(11)16)18-12-7-3-5-10-9-17-19-13(10)12/h3,5,7,9,11,14-15,18H,4,6,8H2,1-2H3,(H,17,19). The molecule has 2 N–H and O–H groups in total. The van der Waals surface area contributed by atoms with Gasteiger partial charge in [-0.15, -0.1) is 0 Å². The van der Waals surface area contributed by atoms with Crippen LogP contribution in [0, 0.1) is 11.3 Å². The van der Waals surface area contributed by atoms with Gasteiger partial charge in [-0.05, 0) is 18.9 Å². The maximum Gasteiger partial charge on any atom is 0.0881 e. The van der Waals surface area contributed by atoms with Gasteiger partial charge in [0.2, 0.25) is 0 Å². The zero-order valence-corrected chi connectivity index (χ0v) is 12.0. The molecule has 2 fully saturated rings. The second-order valence-corrected chi connectivity index (χ2v) is 6.68. The molecule has 106 valence electrons. The molecule has 3 unspecified atom stereocenters. The Morgan fingerprint density at radius 1 is 1.40 bits per heavy atom. The van der Waals surface area contributed by atoms with Crippen molar-refractivity contribution in [3.63, 3.8) is 0 Å². The number of aromatic amines is 1. The van der Waals surface area contributed by atoms with E-state index in [0.717, 1.165) is 23.2 Å². The fraction of sp³-hybridized carbons (Fsp3) is 0.562. The molecule has 1 aromatic carbocycles. The van der Waals surface area contributed by atoms with Crippen molar-refractivity contribution in [1.29, 1.82) is 0 Å². The molecule has 0 radical (unpaired) electrons. The summed E-state index contributed by atoms with van der Waals surface area (Å²) in [5.74, 6) is 0.636. The number of fused-ring (bicyclic) bond motifs is 2. The van der Waals surface area contributed by atoms with E-state index in [4.69, 9.17) is 4.74 Å². The van der Waals surface area contributed by atoms with E-state index in [2.05, 4.69) is 47.6 Å². The number of nitrogens with zero attached hydrogens (tertiary/aromatic N) is 1. The van der Waals surface area contributed by atoms with Crippen molar-refractivity contribution in [1.82, 2.24) is 10.2 Å². The smallest absolute Gasteiger partial charge is 0.0881 e. The first-order valence-corrected chi connectivity index (χ1v) is 7.48. The molecule has 4 nitrogen and oxygen atoms in total. The van der Waals surface area contributed by atoms with Gasteiger partial charge in [0.1, 0.15) is 0 Å². The van der Waals surface area contributed by atoms with Crippen LogP contribution in [0.25, 0.3) is 10.9 Å². The van der Waals surface area contributed by atoms with Gasteiger partial charge in [0, 0.05) is 29.4 Å². The van der Waals surface area contributed by atoms with Crippen LogP contribution in [0.4, 0.5) is 5.69 Å². The second-order valence-electron chi connectivity index (χ2n) is 6.68. The summed E-state index contributed by atoms with van der Waals surface area (Å²) in [5.41, 5.74) is 2.44. The van der Waals surface area contributed by atoms with Crippen molar-refractivity contribution in [2.24, 2.45) is 11.3 Å². The van der Waals surface area contributed by atoms with Crippen LogP contribution in [0.15, 0.2) is 24.4 Å². The van der Waals surface area contributed by atoms with Crippen molar-refractivity contribution in [2.45, 2.75) is 38.8 Å². The Morgan fingerprint density at radius 2 is 2.30 bits per heavy atom. The van der Waals surface area contributed by atoms with E-state index in [0.29, 0.717) is 18.1 Å². The highest BCUT2D eigenvalue weighted by molar-refractivity contribution is 5.90. The van der Waals surface area contributed by atoms with Crippen LogP contribution >= 0.6 is 0 Å². The fourth-order valence-corrected chi connectivity index (χ4v) is 4.07. The lowest BCUT2D eigenvalue weighted by Crippen LogP contribution is -2.67. The molecule has 4 heteroatoms. The normalized spacial score (nSPS) is 31.6. The largest absolute Gasteiger partial charge is 0.380 e. The minimum absolute atomic E-state index is 0.188. The van der Waals surface area contributed by atoms with Gasteiger partial charge in [0.05, 0.1) is 23.5 Å². The number of para-hydroxylation sites is 1. The van der Waals surface area contributed by atoms with Crippen LogP contribution in [-0.4, -0.2) is 29.0 Å². The summed E-state index contributed by atoms with van der Waals surface area (Å²) in [6, 6.07) is 6.78. The van der Waals surface area contributed by atoms with E-state index in [1.807, 2.05) is 6.20 Å². The van der Waals surface area contributed by atoms with E-state index >= 15 is 0 Å². The molecular weight excluding hydrogens is 250 g/mol. The molecule has 1 aliphatic carbocycles. The molecule has 1 saturated carbocycles. The van der Waals surface area contributed by atoms with Gasteiger partial charge in [0.25, 0.3) is 0 Å². The number of hydrogen-bond donors (Lipinski definition) is 2. The first-order valence-electron chi connectivity index (χ1n) is 7.48. The lowest BCUT2D eigenvalue weighted by Gasteiger charge is -2.60. The Kier molecular flexibility index (Phi) is 2.58. The number of ether oxygens (including phenoxy) is 1. The third kappa shape index (κ3) is 1.61. The number of hydrogen-bond acceptors (Lipinski definition) is 3. The van der Waals surface area contributed by atoms with Gasteiger partial charge in [-0.2, -0.15) is 5.10 Å². The minimum Gasteiger partial charge on any atom is -0.380 e. The number of aromatic nitrogens is 2. The molecule has 0 amide bonds. The van der Waals surface area contributed by atoms with Crippen LogP contribution < -0.4 is 5.32 Å². The summed E-state index contributed by atoms with van der Waals surface area (Å²) in [6.45, 7) is 5.54. The zero-order valence-electron chi connectivity index (χ0n) is 12.0. The quantitative estimate of drug-likeness (QED) is 0.882. The summed E-state index contributed by atoms with van der Waals surface area (Å²) < 4.78 is 5.97. The molecule has 2 heterocycles. The molecule has 20 heavy (non-hydrogen) atoms. The predicted octanol–water partition coefficient (Wildman–Crippen LogP) is 3.18. The summed E-state index contributed by atoms with van der Waals surface area (Å²) in [6.07, 6.45) is 4.74. The van der Waals surface area contributed by atoms with Crippen molar-refractivity contribution < 1.29 is 4.74 Å². The fourth-order valence-electron chi connectivity index (χ4n) is 4.07. The summed E-state index contributed by atoms with van der Waals surface area (Å²) in [4.78, 5) is 0. The van der Waals surface area contributed by atoms with Crippen LogP contribution in [0.2, 0.25) is 0 Å². The van der Waals surface area contributed by atoms with E-state index in [-0.39, 0.29) is 5.41 Å². The Morgan fingerprint density at radius 3 is 3.20 bits per heavy atom. The molecule has 2 aromatic rings. The number of H-pyrrole nitrogens is 1. The SMILES string of the molecule is CC1(C)C(Nc2cccc3cn[nH]c23)C2CCCOC21. The van der Waals surface area contributed by atoms with Crippen molar-refractivity contribution in [2.75, 3.05) is 11.9 Å². The van der Waals surface area contributed by atoms with Crippen molar-refractivity contribution in [3.8, 4) is 0 Å². The van der Waals surface area contributed by atoms with Gasteiger partial charge in [0.15, 0.2) is 0 Å². The van der Waals surface area contributed by atoms with Gasteiger partial charge < -0.3 is 10.1 Å². The maximum atomic E-state index is 5.97. The molecular formula is C16H21N3O. The lowest BCUT2D eigenvalue weighted by molar-refractivity contribution is -0.177. The molecule has 4 rings (SSSR count).